The average molecular weight is 287 g/mol. The van der Waals surface area contributed by atoms with Crippen molar-refractivity contribution in [3.8, 4) is 0 Å². The smallest absolute Gasteiger partial charge is 0.260 e. The fourth-order valence-corrected chi connectivity index (χ4v) is 4.18. The van der Waals surface area contributed by atoms with Crippen molar-refractivity contribution in [3.05, 3.63) is 12.0 Å². The van der Waals surface area contributed by atoms with E-state index in [1.165, 1.54) is 6.20 Å². The van der Waals surface area contributed by atoms with E-state index in [4.69, 9.17) is 5.11 Å². The lowest BCUT2D eigenvalue weighted by molar-refractivity contribution is 0.264. The second-order valence-corrected chi connectivity index (χ2v) is 6.68. The summed E-state index contributed by atoms with van der Waals surface area (Å²) in [5.74, 6) is 0.685. The van der Waals surface area contributed by atoms with E-state index in [1.54, 1.807) is 4.31 Å². The van der Waals surface area contributed by atoms with Crippen molar-refractivity contribution < 1.29 is 13.5 Å². The Morgan fingerprint density at radius 2 is 2.37 bits per heavy atom. The molecule has 0 aromatic carbocycles. The average Bonchev–Trinajstić information content (AvgIpc) is 3.05. The highest BCUT2D eigenvalue weighted by molar-refractivity contribution is 7.89. The first-order valence-electron chi connectivity index (χ1n) is 6.76. The van der Waals surface area contributed by atoms with Crippen LogP contribution in [-0.4, -0.2) is 47.0 Å². The van der Waals surface area contributed by atoms with E-state index in [-0.39, 0.29) is 17.7 Å². The summed E-state index contributed by atoms with van der Waals surface area (Å²) in [5, 5.41) is 9.06. The van der Waals surface area contributed by atoms with Crippen LogP contribution in [0, 0.1) is 0 Å². The number of aliphatic hydroxyl groups excluding tert-OH is 1. The van der Waals surface area contributed by atoms with E-state index < -0.39 is 10.0 Å². The lowest BCUT2D eigenvalue weighted by atomic mass is 10.1. The molecule has 0 spiro atoms. The first-order valence-corrected chi connectivity index (χ1v) is 8.20. The molecule has 2 rings (SSSR count). The number of nitrogens with one attached hydrogen (secondary N) is 1. The molecule has 1 fully saturated rings. The summed E-state index contributed by atoms with van der Waals surface area (Å²) in [6.45, 7) is 2.59. The van der Waals surface area contributed by atoms with Gasteiger partial charge in [0.15, 0.2) is 5.03 Å². The molecule has 1 saturated heterocycles. The summed E-state index contributed by atoms with van der Waals surface area (Å²) >= 11 is 0. The molecule has 2 heterocycles. The Balaban J connectivity index is 2.18. The van der Waals surface area contributed by atoms with Crippen molar-refractivity contribution >= 4 is 10.0 Å². The summed E-state index contributed by atoms with van der Waals surface area (Å²) in [6.07, 6.45) is 5.18. The number of aryl methyl sites for hydroxylation is 1. The number of hydrogen-bond donors (Lipinski definition) is 2. The highest BCUT2D eigenvalue weighted by Gasteiger charge is 2.35. The number of aliphatic hydroxyl groups is 1. The van der Waals surface area contributed by atoms with Gasteiger partial charge in [-0.15, -0.1) is 0 Å². The molecule has 0 aliphatic carbocycles. The topological polar surface area (TPSA) is 86.3 Å². The van der Waals surface area contributed by atoms with Gasteiger partial charge in [0.25, 0.3) is 10.0 Å². The van der Waals surface area contributed by atoms with Gasteiger partial charge in [0.2, 0.25) is 0 Å². The van der Waals surface area contributed by atoms with Crippen molar-refractivity contribution in [3.63, 3.8) is 0 Å². The predicted octanol–water partition coefficient (Wildman–Crippen LogP) is 0.898. The summed E-state index contributed by atoms with van der Waals surface area (Å²) in [7, 11) is -3.47. The third kappa shape index (κ3) is 2.98. The first-order chi connectivity index (χ1) is 9.09. The molecular formula is C12H21N3O3S. The largest absolute Gasteiger partial charge is 0.396 e. The SMILES string of the molecule is CCc1ncc(S(=O)(=O)N2CCCC2CCCO)[nH]1. The Labute approximate surface area is 113 Å². The van der Waals surface area contributed by atoms with Crippen molar-refractivity contribution in [2.75, 3.05) is 13.2 Å². The Bertz CT molecular complexity index is 512. The molecule has 1 aliphatic heterocycles. The minimum absolute atomic E-state index is 0.00512. The Morgan fingerprint density at radius 1 is 1.58 bits per heavy atom. The Kier molecular flexibility index (Phi) is 4.59. The zero-order valence-corrected chi connectivity index (χ0v) is 12.0. The summed E-state index contributed by atoms with van der Waals surface area (Å²) in [5.41, 5.74) is 0. The molecule has 1 aromatic heterocycles. The van der Waals surface area contributed by atoms with Gasteiger partial charge in [-0.2, -0.15) is 4.31 Å². The van der Waals surface area contributed by atoms with Crippen LogP contribution in [0.1, 0.15) is 38.4 Å². The fraction of sp³-hybridized carbons (Fsp3) is 0.750. The van der Waals surface area contributed by atoms with Crippen molar-refractivity contribution in [1.29, 1.82) is 0 Å². The van der Waals surface area contributed by atoms with Crippen LogP contribution in [0.3, 0.4) is 0 Å². The third-order valence-corrected chi connectivity index (χ3v) is 5.41. The van der Waals surface area contributed by atoms with Crippen LogP contribution in [0.2, 0.25) is 0 Å². The number of aromatic nitrogens is 2. The molecular weight excluding hydrogens is 266 g/mol. The molecule has 2 N–H and O–H groups in total. The number of imidazole rings is 1. The molecule has 0 radical (unpaired) electrons. The van der Waals surface area contributed by atoms with Crippen LogP contribution < -0.4 is 0 Å². The standard InChI is InChI=1S/C12H21N3O3S/c1-2-11-13-9-12(14-11)19(17,18)15-7-3-5-10(15)6-4-8-16/h9-10,16H,2-8H2,1H3,(H,13,14). The second-order valence-electron chi connectivity index (χ2n) is 4.83. The van der Waals surface area contributed by atoms with Gasteiger partial charge >= 0.3 is 0 Å². The van der Waals surface area contributed by atoms with E-state index in [0.29, 0.717) is 31.6 Å². The van der Waals surface area contributed by atoms with Crippen LogP contribution >= 0.6 is 0 Å². The van der Waals surface area contributed by atoms with E-state index in [9.17, 15) is 8.42 Å². The molecule has 108 valence electrons. The van der Waals surface area contributed by atoms with E-state index in [0.717, 1.165) is 12.8 Å². The molecule has 1 aromatic rings. The van der Waals surface area contributed by atoms with E-state index in [2.05, 4.69) is 9.97 Å². The van der Waals surface area contributed by atoms with E-state index >= 15 is 0 Å². The number of rotatable bonds is 6. The molecule has 0 saturated carbocycles. The van der Waals surface area contributed by atoms with Gasteiger partial charge in [-0.3, -0.25) is 0 Å². The molecule has 19 heavy (non-hydrogen) atoms. The monoisotopic (exact) mass is 287 g/mol. The maximum Gasteiger partial charge on any atom is 0.260 e. The molecule has 1 aliphatic rings. The normalized spacial score (nSPS) is 21.1. The van der Waals surface area contributed by atoms with Gasteiger partial charge in [0.05, 0.1) is 6.20 Å². The Morgan fingerprint density at radius 3 is 3.00 bits per heavy atom. The maximum absolute atomic E-state index is 12.5. The minimum atomic E-state index is -3.47. The fourth-order valence-electron chi connectivity index (χ4n) is 2.52. The first kappa shape index (κ1) is 14.5. The highest BCUT2D eigenvalue weighted by Crippen LogP contribution is 2.27. The molecule has 0 bridgehead atoms. The lowest BCUT2D eigenvalue weighted by Gasteiger charge is -2.22. The van der Waals surface area contributed by atoms with Crippen molar-refractivity contribution in [1.82, 2.24) is 14.3 Å². The van der Waals surface area contributed by atoms with Gasteiger partial charge < -0.3 is 10.1 Å². The second kappa shape index (κ2) is 6.02. The van der Waals surface area contributed by atoms with E-state index in [1.807, 2.05) is 6.92 Å². The van der Waals surface area contributed by atoms with Gasteiger partial charge in [-0.25, -0.2) is 13.4 Å². The zero-order chi connectivity index (χ0) is 13.9. The zero-order valence-electron chi connectivity index (χ0n) is 11.2. The highest BCUT2D eigenvalue weighted by atomic mass is 32.2. The number of nitrogens with zero attached hydrogens (tertiary/aromatic N) is 2. The number of aromatic amines is 1. The molecule has 6 nitrogen and oxygen atoms in total. The van der Waals surface area contributed by atoms with Crippen LogP contribution in [0.4, 0.5) is 0 Å². The van der Waals surface area contributed by atoms with Gasteiger partial charge in [-0.05, 0) is 25.7 Å². The lowest BCUT2D eigenvalue weighted by Crippen LogP contribution is -2.35. The van der Waals surface area contributed by atoms with Crippen LogP contribution in [-0.2, 0) is 16.4 Å². The van der Waals surface area contributed by atoms with Crippen LogP contribution in [0.15, 0.2) is 11.2 Å². The van der Waals surface area contributed by atoms with Crippen LogP contribution in [0.5, 0.6) is 0 Å². The number of sulfonamides is 1. The minimum Gasteiger partial charge on any atom is -0.396 e. The molecule has 1 unspecified atom stereocenters. The quantitative estimate of drug-likeness (QED) is 0.814. The maximum atomic E-state index is 12.5. The molecule has 7 heteroatoms. The van der Waals surface area contributed by atoms with Gasteiger partial charge in [0, 0.05) is 25.6 Å². The van der Waals surface area contributed by atoms with Crippen molar-refractivity contribution in [2.45, 2.75) is 50.1 Å². The van der Waals surface area contributed by atoms with Crippen molar-refractivity contribution in [2.24, 2.45) is 0 Å². The summed E-state index contributed by atoms with van der Waals surface area (Å²) < 4.78 is 26.6. The number of H-pyrrole nitrogens is 1. The van der Waals surface area contributed by atoms with Crippen LogP contribution in [0.25, 0.3) is 0 Å². The third-order valence-electron chi connectivity index (χ3n) is 3.55. The summed E-state index contributed by atoms with van der Waals surface area (Å²) in [6, 6.07) is 0.00512. The Hall–Kier alpha value is -0.920. The predicted molar refractivity (Wildman–Crippen MR) is 71.2 cm³/mol. The van der Waals surface area contributed by atoms with Gasteiger partial charge in [-0.1, -0.05) is 6.92 Å². The molecule has 1 atom stereocenters. The molecule has 0 amide bonds. The van der Waals surface area contributed by atoms with Gasteiger partial charge in [0.1, 0.15) is 5.82 Å². The number of hydrogen-bond acceptors (Lipinski definition) is 4. The summed E-state index contributed by atoms with van der Waals surface area (Å²) in [4.78, 5) is 6.92.